The summed E-state index contributed by atoms with van der Waals surface area (Å²) in [5.41, 5.74) is 3.46. The van der Waals surface area contributed by atoms with Crippen LogP contribution in [0.1, 0.15) is 55.4 Å². The Bertz CT molecular complexity index is 350. The van der Waals surface area contributed by atoms with Crippen LogP contribution in [0.3, 0.4) is 0 Å². The Hall–Kier alpha value is 0.134. The van der Waals surface area contributed by atoms with Gasteiger partial charge in [0, 0.05) is 0 Å². The second-order valence-electron chi connectivity index (χ2n) is 6.92. The van der Waals surface area contributed by atoms with Gasteiger partial charge in [-0.15, -0.1) is 0 Å². The van der Waals surface area contributed by atoms with Crippen LogP contribution in [0.5, 0.6) is 0 Å². The van der Waals surface area contributed by atoms with E-state index in [2.05, 4.69) is 72.9 Å². The maximum atomic E-state index is 2.50. The monoisotopic (exact) mass is 311 g/mol. The Morgan fingerprint density at radius 1 is 0.895 bits per heavy atom. The summed E-state index contributed by atoms with van der Waals surface area (Å²) in [6.45, 7) is 19.9. The van der Waals surface area contributed by atoms with E-state index in [-0.39, 0.29) is 8.31 Å². The minimum absolute atomic E-state index is 0.348. The summed E-state index contributed by atoms with van der Waals surface area (Å²) in [4.78, 5) is 0. The maximum Gasteiger partial charge on any atom is 0.0956 e. The minimum Gasteiger partial charge on any atom is -0.154 e. The molecule has 1 aromatic rings. The lowest BCUT2D eigenvalue weighted by atomic mass is 10.5. The highest BCUT2D eigenvalue weighted by molar-refractivity contribution is 7.47. The first-order valence-electron chi connectivity index (χ1n) is 7.67. The molecule has 0 nitrogen and oxygen atoms in total. The highest BCUT2D eigenvalue weighted by Gasteiger charge is 2.51. The molecule has 0 amide bonds. The molecular weight excluding hydrogens is 280 g/mol. The van der Waals surface area contributed by atoms with Gasteiger partial charge in [-0.1, -0.05) is 78.6 Å². The van der Waals surface area contributed by atoms with E-state index in [0.29, 0.717) is 0 Å². The average molecular weight is 312 g/mol. The third-order valence-electron chi connectivity index (χ3n) is 4.47. The third kappa shape index (κ3) is 3.08. The molecule has 1 heterocycles. The predicted octanol–water partition coefficient (Wildman–Crippen LogP) is 5.62. The average Bonchev–Trinajstić information content (AvgIpc) is 2.76. The van der Waals surface area contributed by atoms with Crippen LogP contribution in [0.25, 0.3) is 0 Å². The van der Waals surface area contributed by atoms with Crippen LogP contribution >= 0.6 is 11.3 Å². The van der Waals surface area contributed by atoms with Gasteiger partial charge < -0.3 is 0 Å². The molecule has 1 aromatic heterocycles. The molecule has 0 spiro atoms. The van der Waals surface area contributed by atoms with Gasteiger partial charge in [0.15, 0.2) is 0 Å². The fourth-order valence-corrected chi connectivity index (χ4v) is 27.2. The van der Waals surface area contributed by atoms with Crippen molar-refractivity contribution in [2.75, 3.05) is 0 Å². The Labute approximate surface area is 127 Å². The fourth-order valence-electron chi connectivity index (χ4n) is 4.18. The highest BCUT2D eigenvalue weighted by atomic mass is 32.1. The second kappa shape index (κ2) is 6.73. The lowest BCUT2D eigenvalue weighted by molar-refractivity contribution is 0.900. The lowest BCUT2D eigenvalue weighted by Gasteiger charge is -2.48. The molecule has 0 aromatic carbocycles. The van der Waals surface area contributed by atoms with Crippen LogP contribution in [0.4, 0.5) is 0 Å². The standard InChI is InChI=1S/C16H31SSi2/c1-12(2)18(13(3)4)19(14(5)6,15(7)8)16-10-9-11-17-16/h9-15H,1-8H3. The van der Waals surface area contributed by atoms with Crippen molar-refractivity contribution in [1.29, 1.82) is 0 Å². The molecule has 0 aliphatic carbocycles. The van der Waals surface area contributed by atoms with Crippen LogP contribution in [0, 0.1) is 0 Å². The smallest absolute Gasteiger partial charge is 0.0956 e. The first-order chi connectivity index (χ1) is 8.76. The molecule has 0 saturated carbocycles. The minimum atomic E-state index is -1.41. The van der Waals surface area contributed by atoms with E-state index in [0.717, 1.165) is 22.2 Å². The van der Waals surface area contributed by atoms with Crippen molar-refractivity contribution in [3.63, 3.8) is 0 Å². The van der Waals surface area contributed by atoms with E-state index in [4.69, 9.17) is 0 Å². The van der Waals surface area contributed by atoms with E-state index < -0.39 is 7.59 Å². The van der Waals surface area contributed by atoms with Crippen molar-refractivity contribution in [2.24, 2.45) is 0 Å². The molecule has 1 radical (unpaired) electrons. The fraction of sp³-hybridized carbons (Fsp3) is 0.750. The van der Waals surface area contributed by atoms with Crippen LogP contribution in [0.15, 0.2) is 17.5 Å². The zero-order valence-corrected chi connectivity index (χ0v) is 16.8. The lowest BCUT2D eigenvalue weighted by Crippen LogP contribution is -2.66. The van der Waals surface area contributed by atoms with Crippen molar-refractivity contribution in [1.82, 2.24) is 0 Å². The maximum absolute atomic E-state index is 2.50. The molecule has 0 aliphatic heterocycles. The normalized spacial score (nSPS) is 13.5. The summed E-state index contributed by atoms with van der Waals surface area (Å²) in [6.07, 6.45) is 0. The van der Waals surface area contributed by atoms with Gasteiger partial charge in [0.25, 0.3) is 0 Å². The van der Waals surface area contributed by atoms with Crippen molar-refractivity contribution in [3.05, 3.63) is 17.5 Å². The number of hydrogen-bond donors (Lipinski definition) is 0. The van der Waals surface area contributed by atoms with Crippen LogP contribution in [-0.2, 0) is 0 Å². The second-order valence-corrected chi connectivity index (χ2v) is 20.3. The third-order valence-corrected chi connectivity index (χ3v) is 25.7. The van der Waals surface area contributed by atoms with Crippen LogP contribution < -0.4 is 4.50 Å². The molecule has 0 unspecified atom stereocenters. The van der Waals surface area contributed by atoms with Gasteiger partial charge in [0.05, 0.1) is 15.9 Å². The van der Waals surface area contributed by atoms with Crippen molar-refractivity contribution >= 4 is 31.7 Å². The molecule has 0 atom stereocenters. The van der Waals surface area contributed by atoms with E-state index in [1.165, 1.54) is 0 Å². The summed E-state index contributed by atoms with van der Waals surface area (Å²) in [7, 11) is -1.76. The zero-order chi connectivity index (χ0) is 14.8. The van der Waals surface area contributed by atoms with Gasteiger partial charge >= 0.3 is 0 Å². The summed E-state index contributed by atoms with van der Waals surface area (Å²) in [5.74, 6) is 0. The molecule has 19 heavy (non-hydrogen) atoms. The van der Waals surface area contributed by atoms with Gasteiger partial charge in [-0.2, -0.15) is 11.3 Å². The zero-order valence-electron chi connectivity index (χ0n) is 13.9. The molecule has 109 valence electrons. The molecule has 3 heteroatoms. The van der Waals surface area contributed by atoms with E-state index in [1.807, 2.05) is 11.3 Å². The van der Waals surface area contributed by atoms with E-state index >= 15 is 0 Å². The molecule has 0 saturated heterocycles. The summed E-state index contributed by atoms with van der Waals surface area (Å²) >= 11 is 2.04. The Balaban J connectivity index is 3.48. The molecule has 1 rings (SSSR count). The van der Waals surface area contributed by atoms with Gasteiger partial charge in [0.2, 0.25) is 0 Å². The Morgan fingerprint density at radius 2 is 1.37 bits per heavy atom. The van der Waals surface area contributed by atoms with Crippen molar-refractivity contribution in [2.45, 2.75) is 77.6 Å². The van der Waals surface area contributed by atoms with Gasteiger partial charge in [-0.25, -0.2) is 0 Å². The van der Waals surface area contributed by atoms with Crippen molar-refractivity contribution in [3.8, 4) is 0 Å². The summed E-state index contributed by atoms with van der Waals surface area (Å²) in [5, 5.41) is 2.29. The van der Waals surface area contributed by atoms with Crippen molar-refractivity contribution < 1.29 is 0 Å². The molecule has 0 aliphatic rings. The topological polar surface area (TPSA) is 0 Å². The van der Waals surface area contributed by atoms with Gasteiger partial charge in [-0.3, -0.25) is 0 Å². The summed E-state index contributed by atoms with van der Waals surface area (Å²) < 4.78 is 1.77. The molecule has 0 bridgehead atoms. The van der Waals surface area contributed by atoms with Gasteiger partial charge in [0.1, 0.15) is 0 Å². The SMILES string of the molecule is CC(C)[Si](C(C)C)[Si](c1cccs1)(C(C)C)C(C)C. The number of thiophene rings is 1. The van der Waals surface area contributed by atoms with Gasteiger partial charge in [-0.05, 0) is 21.0 Å². The first kappa shape index (κ1) is 17.2. The van der Waals surface area contributed by atoms with E-state index in [9.17, 15) is 0 Å². The molecule has 0 fully saturated rings. The summed E-state index contributed by atoms with van der Waals surface area (Å²) in [6, 6.07) is 4.72. The molecular formula is C16H31SSi2. The number of rotatable bonds is 6. The number of hydrogen-bond acceptors (Lipinski definition) is 1. The predicted molar refractivity (Wildman–Crippen MR) is 95.9 cm³/mol. The highest BCUT2D eigenvalue weighted by Crippen LogP contribution is 2.42. The largest absolute Gasteiger partial charge is 0.154 e. The first-order valence-corrected chi connectivity index (χ1v) is 13.4. The molecule has 0 N–H and O–H groups in total. The van der Waals surface area contributed by atoms with E-state index in [1.54, 1.807) is 4.50 Å². The van der Waals surface area contributed by atoms with Crippen LogP contribution in [0.2, 0.25) is 22.2 Å². The Kier molecular flexibility index (Phi) is 6.08. The quantitative estimate of drug-likeness (QED) is 0.598. The van der Waals surface area contributed by atoms with Crippen LogP contribution in [-0.4, -0.2) is 15.9 Å². The Morgan fingerprint density at radius 3 is 1.63 bits per heavy atom.